The van der Waals surface area contributed by atoms with Crippen molar-refractivity contribution < 1.29 is 4.79 Å². The quantitative estimate of drug-likeness (QED) is 0.404. The zero-order valence-corrected chi connectivity index (χ0v) is 17.4. The van der Waals surface area contributed by atoms with Gasteiger partial charge in [0.15, 0.2) is 5.96 Å². The van der Waals surface area contributed by atoms with Gasteiger partial charge in [-0.25, -0.2) is 4.99 Å². The van der Waals surface area contributed by atoms with Crippen LogP contribution in [-0.2, 0) is 11.3 Å². The van der Waals surface area contributed by atoms with Gasteiger partial charge in [-0.3, -0.25) is 9.69 Å². The topological polar surface area (TPSA) is 60.0 Å². The van der Waals surface area contributed by atoms with Crippen LogP contribution in [0.3, 0.4) is 0 Å². The number of likely N-dealkylation sites (N-methyl/N-ethyl adjacent to an activating group) is 1. The third-order valence-corrected chi connectivity index (χ3v) is 4.93. The molecule has 0 aliphatic carbocycles. The molecule has 7 heteroatoms. The summed E-state index contributed by atoms with van der Waals surface area (Å²) in [4.78, 5) is 20.9. The first-order valence-corrected chi connectivity index (χ1v) is 10.1. The van der Waals surface area contributed by atoms with Gasteiger partial charge in [-0.05, 0) is 50.4 Å². The molecule has 0 aromatic heterocycles. The number of benzene rings is 1. The van der Waals surface area contributed by atoms with Crippen LogP contribution in [0.1, 0.15) is 31.7 Å². The number of hydrogen-bond acceptors (Lipinski definition) is 3. The van der Waals surface area contributed by atoms with Gasteiger partial charge in [0, 0.05) is 38.8 Å². The highest BCUT2D eigenvalue weighted by atomic mass is 35.5. The highest BCUT2D eigenvalue weighted by Gasteiger charge is 2.30. The Balaban J connectivity index is 1.77. The smallest absolute Gasteiger partial charge is 0.239 e. The first-order valence-electron chi connectivity index (χ1n) is 9.73. The molecule has 1 fully saturated rings. The van der Waals surface area contributed by atoms with Crippen molar-refractivity contribution in [1.29, 1.82) is 0 Å². The number of aliphatic imine (C=N–C) groups is 1. The van der Waals surface area contributed by atoms with Crippen molar-refractivity contribution in [2.45, 2.75) is 38.8 Å². The molecule has 1 aliphatic heterocycles. The molecule has 0 bridgehead atoms. The van der Waals surface area contributed by atoms with Gasteiger partial charge in [-0.15, -0.1) is 0 Å². The molecule has 1 aliphatic rings. The fourth-order valence-electron chi connectivity index (χ4n) is 3.26. The summed E-state index contributed by atoms with van der Waals surface area (Å²) in [6.45, 7) is 6.24. The first kappa shape index (κ1) is 21.5. The monoisotopic (exact) mass is 393 g/mol. The summed E-state index contributed by atoms with van der Waals surface area (Å²) < 4.78 is 0. The Bertz CT molecular complexity index is 617. The van der Waals surface area contributed by atoms with E-state index in [1.807, 2.05) is 38.4 Å². The summed E-state index contributed by atoms with van der Waals surface area (Å²) in [5.74, 6) is 1.04. The lowest BCUT2D eigenvalue weighted by Crippen LogP contribution is -2.44. The summed E-state index contributed by atoms with van der Waals surface area (Å²) in [7, 11) is 3.67. The van der Waals surface area contributed by atoms with E-state index < -0.39 is 0 Å². The first-order chi connectivity index (χ1) is 13.0. The molecule has 0 radical (unpaired) electrons. The number of halogens is 1. The number of nitrogens with one attached hydrogen (secondary N) is 2. The van der Waals surface area contributed by atoms with Crippen molar-refractivity contribution >= 4 is 23.5 Å². The van der Waals surface area contributed by atoms with Crippen molar-refractivity contribution in [3.05, 3.63) is 34.9 Å². The van der Waals surface area contributed by atoms with E-state index in [0.29, 0.717) is 6.54 Å². The van der Waals surface area contributed by atoms with Crippen LogP contribution >= 0.6 is 11.6 Å². The van der Waals surface area contributed by atoms with E-state index in [4.69, 9.17) is 11.6 Å². The van der Waals surface area contributed by atoms with Gasteiger partial charge in [-0.2, -0.15) is 0 Å². The minimum Gasteiger partial charge on any atom is -0.357 e. The average Bonchev–Trinajstić information content (AvgIpc) is 3.12. The van der Waals surface area contributed by atoms with Crippen LogP contribution in [0.4, 0.5) is 0 Å². The lowest BCUT2D eigenvalue weighted by molar-refractivity contribution is -0.133. The molecule has 0 saturated carbocycles. The zero-order valence-electron chi connectivity index (χ0n) is 16.7. The number of guanidine groups is 1. The molecule has 2 rings (SSSR count). The van der Waals surface area contributed by atoms with Crippen molar-refractivity contribution in [2.24, 2.45) is 4.99 Å². The Morgan fingerprint density at radius 1 is 1.30 bits per heavy atom. The minimum atomic E-state index is 0.0480. The summed E-state index contributed by atoms with van der Waals surface area (Å²) in [6, 6.07) is 7.80. The van der Waals surface area contributed by atoms with Crippen LogP contribution in [0.2, 0.25) is 5.02 Å². The molecule has 1 aromatic rings. The number of carbonyl (C=O) groups excluding carboxylic acids is 1. The van der Waals surface area contributed by atoms with Crippen LogP contribution in [0.15, 0.2) is 29.3 Å². The number of carbonyl (C=O) groups is 1. The van der Waals surface area contributed by atoms with E-state index in [2.05, 4.69) is 27.4 Å². The molecule has 0 spiro atoms. The third-order valence-electron chi connectivity index (χ3n) is 4.68. The van der Waals surface area contributed by atoms with E-state index in [-0.39, 0.29) is 11.9 Å². The van der Waals surface area contributed by atoms with Gasteiger partial charge < -0.3 is 15.5 Å². The van der Waals surface area contributed by atoms with Crippen molar-refractivity contribution in [3.63, 3.8) is 0 Å². The molecule has 1 saturated heterocycles. The number of hydrogen-bond donors (Lipinski definition) is 2. The van der Waals surface area contributed by atoms with Gasteiger partial charge in [0.05, 0.1) is 12.6 Å². The van der Waals surface area contributed by atoms with Crippen LogP contribution in [-0.4, -0.2) is 68.0 Å². The Kier molecular flexibility index (Phi) is 8.88. The maximum atomic E-state index is 12.3. The third kappa shape index (κ3) is 7.03. The lowest BCUT2D eigenvalue weighted by Gasteiger charge is -2.26. The van der Waals surface area contributed by atoms with Gasteiger partial charge in [0.2, 0.25) is 5.91 Å². The van der Waals surface area contributed by atoms with E-state index in [0.717, 1.165) is 62.0 Å². The second kappa shape index (κ2) is 11.1. The molecule has 150 valence electrons. The maximum Gasteiger partial charge on any atom is 0.239 e. The van der Waals surface area contributed by atoms with Crippen molar-refractivity contribution in [3.8, 4) is 0 Å². The SMILES string of the molecule is CCNC(=NCc1ccc(Cl)cc1)NCCCN1CCCC1C(=O)N(C)C. The van der Waals surface area contributed by atoms with E-state index in [1.165, 1.54) is 0 Å². The molecule has 1 atom stereocenters. The second-order valence-electron chi connectivity index (χ2n) is 7.03. The predicted octanol–water partition coefficient (Wildman–Crippen LogP) is 2.34. The molecule has 27 heavy (non-hydrogen) atoms. The molecule has 1 heterocycles. The molecule has 1 aromatic carbocycles. The minimum absolute atomic E-state index is 0.0480. The van der Waals surface area contributed by atoms with Gasteiger partial charge in [-0.1, -0.05) is 23.7 Å². The molecule has 6 nitrogen and oxygen atoms in total. The standard InChI is InChI=1S/C20H32ClN5O/c1-4-22-20(24-15-16-8-10-17(21)11-9-16)23-12-6-14-26-13-5-7-18(26)19(27)25(2)3/h8-11,18H,4-7,12-15H2,1-3H3,(H2,22,23,24). The summed E-state index contributed by atoms with van der Waals surface area (Å²) in [5, 5.41) is 7.39. The number of amides is 1. The summed E-state index contributed by atoms with van der Waals surface area (Å²) in [5.41, 5.74) is 1.12. The van der Waals surface area contributed by atoms with E-state index >= 15 is 0 Å². The van der Waals surface area contributed by atoms with Crippen LogP contribution in [0, 0.1) is 0 Å². The fraction of sp³-hybridized carbons (Fsp3) is 0.600. The Morgan fingerprint density at radius 3 is 2.70 bits per heavy atom. The number of nitrogens with zero attached hydrogens (tertiary/aromatic N) is 3. The second-order valence-corrected chi connectivity index (χ2v) is 7.47. The molecular weight excluding hydrogens is 362 g/mol. The Hall–Kier alpha value is -1.79. The highest BCUT2D eigenvalue weighted by Crippen LogP contribution is 2.18. The predicted molar refractivity (Wildman–Crippen MR) is 112 cm³/mol. The summed E-state index contributed by atoms with van der Waals surface area (Å²) in [6.07, 6.45) is 3.04. The van der Waals surface area contributed by atoms with Gasteiger partial charge >= 0.3 is 0 Å². The van der Waals surface area contributed by atoms with Crippen LogP contribution < -0.4 is 10.6 Å². The number of likely N-dealkylation sites (tertiary alicyclic amines) is 1. The molecular formula is C20H32ClN5O. The molecule has 1 amide bonds. The fourth-order valence-corrected chi connectivity index (χ4v) is 3.39. The highest BCUT2D eigenvalue weighted by molar-refractivity contribution is 6.30. The van der Waals surface area contributed by atoms with Gasteiger partial charge in [0.1, 0.15) is 0 Å². The Morgan fingerprint density at radius 2 is 2.04 bits per heavy atom. The molecule has 2 N–H and O–H groups in total. The van der Waals surface area contributed by atoms with Crippen LogP contribution in [0.25, 0.3) is 0 Å². The lowest BCUT2D eigenvalue weighted by atomic mass is 10.2. The van der Waals surface area contributed by atoms with Crippen molar-refractivity contribution in [1.82, 2.24) is 20.4 Å². The number of rotatable bonds is 8. The zero-order chi connectivity index (χ0) is 19.6. The van der Waals surface area contributed by atoms with Crippen molar-refractivity contribution in [2.75, 3.05) is 40.3 Å². The van der Waals surface area contributed by atoms with E-state index in [9.17, 15) is 4.79 Å². The summed E-state index contributed by atoms with van der Waals surface area (Å²) >= 11 is 5.92. The maximum absolute atomic E-state index is 12.3. The normalized spacial score (nSPS) is 17.8. The Labute approximate surface area is 168 Å². The van der Waals surface area contributed by atoms with Crippen LogP contribution in [0.5, 0.6) is 0 Å². The van der Waals surface area contributed by atoms with Gasteiger partial charge in [0.25, 0.3) is 0 Å². The van der Waals surface area contributed by atoms with E-state index in [1.54, 1.807) is 4.90 Å². The largest absolute Gasteiger partial charge is 0.357 e. The average molecular weight is 394 g/mol. The molecule has 1 unspecified atom stereocenters.